The highest BCUT2D eigenvalue weighted by Crippen LogP contribution is 2.14. The summed E-state index contributed by atoms with van der Waals surface area (Å²) in [5.74, 6) is -0.0937. The molecule has 3 nitrogen and oxygen atoms in total. The second-order valence-electron chi connectivity index (χ2n) is 4.28. The third-order valence-corrected chi connectivity index (χ3v) is 2.85. The van der Waals surface area contributed by atoms with E-state index in [0.717, 1.165) is 16.9 Å². The minimum atomic E-state index is -0.0937. The molecule has 1 amide bonds. The van der Waals surface area contributed by atoms with Crippen molar-refractivity contribution >= 4 is 28.9 Å². The fourth-order valence-electron chi connectivity index (χ4n) is 1.62. The zero-order chi connectivity index (χ0) is 13.7. The maximum absolute atomic E-state index is 11.7. The first-order valence-electron chi connectivity index (χ1n) is 5.99. The predicted molar refractivity (Wildman–Crippen MR) is 79.8 cm³/mol. The summed E-state index contributed by atoms with van der Waals surface area (Å²) >= 11 is 5.86. The van der Waals surface area contributed by atoms with E-state index in [9.17, 15) is 4.79 Å². The van der Waals surface area contributed by atoms with Gasteiger partial charge in [-0.15, -0.1) is 0 Å². The summed E-state index contributed by atoms with van der Waals surface area (Å²) in [6.07, 6.45) is 0. The fraction of sp³-hybridized carbons (Fsp3) is 0.133. The molecule has 98 valence electrons. The fourth-order valence-corrected chi connectivity index (χ4v) is 1.81. The first-order valence-corrected chi connectivity index (χ1v) is 6.37. The topological polar surface area (TPSA) is 41.1 Å². The zero-order valence-corrected chi connectivity index (χ0v) is 11.4. The number of aryl methyl sites for hydroxylation is 1. The molecule has 2 aromatic rings. The van der Waals surface area contributed by atoms with Gasteiger partial charge < -0.3 is 10.6 Å². The lowest BCUT2D eigenvalue weighted by Gasteiger charge is -2.08. The van der Waals surface area contributed by atoms with E-state index in [-0.39, 0.29) is 12.5 Å². The van der Waals surface area contributed by atoms with Gasteiger partial charge in [0.05, 0.1) is 6.54 Å². The summed E-state index contributed by atoms with van der Waals surface area (Å²) in [4.78, 5) is 11.7. The van der Waals surface area contributed by atoms with Crippen molar-refractivity contribution in [1.29, 1.82) is 0 Å². The molecule has 0 heterocycles. The van der Waals surface area contributed by atoms with E-state index in [1.807, 2.05) is 43.3 Å². The molecule has 2 rings (SSSR count). The molecule has 0 aromatic heterocycles. The monoisotopic (exact) mass is 274 g/mol. The number of carbonyl (C=O) groups is 1. The van der Waals surface area contributed by atoms with Gasteiger partial charge in [0.25, 0.3) is 0 Å². The zero-order valence-electron chi connectivity index (χ0n) is 10.6. The van der Waals surface area contributed by atoms with Crippen LogP contribution < -0.4 is 10.6 Å². The SMILES string of the molecule is Cc1ccc(NC(=O)CNc2cccc(Cl)c2)cc1. The quantitative estimate of drug-likeness (QED) is 0.893. The van der Waals surface area contributed by atoms with Gasteiger partial charge >= 0.3 is 0 Å². The number of anilines is 2. The van der Waals surface area contributed by atoms with Gasteiger partial charge in [-0.3, -0.25) is 4.79 Å². The second-order valence-corrected chi connectivity index (χ2v) is 4.71. The highest BCUT2D eigenvalue weighted by Gasteiger charge is 2.02. The maximum atomic E-state index is 11.7. The Balaban J connectivity index is 1.86. The highest BCUT2D eigenvalue weighted by molar-refractivity contribution is 6.30. The molecule has 0 unspecified atom stereocenters. The van der Waals surface area contributed by atoms with Crippen molar-refractivity contribution in [2.24, 2.45) is 0 Å². The summed E-state index contributed by atoms with van der Waals surface area (Å²) in [6.45, 7) is 2.21. The second kappa shape index (κ2) is 6.25. The molecular weight excluding hydrogens is 260 g/mol. The Morgan fingerprint density at radius 3 is 2.53 bits per heavy atom. The lowest BCUT2D eigenvalue weighted by molar-refractivity contribution is -0.114. The van der Waals surface area contributed by atoms with Crippen LogP contribution in [-0.2, 0) is 4.79 Å². The molecule has 2 aromatic carbocycles. The third kappa shape index (κ3) is 4.30. The molecule has 0 radical (unpaired) electrons. The van der Waals surface area contributed by atoms with Gasteiger partial charge in [-0.25, -0.2) is 0 Å². The summed E-state index contributed by atoms with van der Waals surface area (Å²) in [7, 11) is 0. The minimum Gasteiger partial charge on any atom is -0.376 e. The van der Waals surface area contributed by atoms with Crippen molar-refractivity contribution in [2.45, 2.75) is 6.92 Å². The molecular formula is C15H15ClN2O. The number of halogens is 1. The van der Waals surface area contributed by atoms with Crippen LogP contribution in [0.1, 0.15) is 5.56 Å². The average molecular weight is 275 g/mol. The first kappa shape index (κ1) is 13.4. The van der Waals surface area contributed by atoms with Gasteiger partial charge in [0.15, 0.2) is 0 Å². The Morgan fingerprint density at radius 1 is 1.11 bits per heavy atom. The van der Waals surface area contributed by atoms with E-state index in [0.29, 0.717) is 5.02 Å². The van der Waals surface area contributed by atoms with E-state index in [4.69, 9.17) is 11.6 Å². The van der Waals surface area contributed by atoms with Crippen LogP contribution >= 0.6 is 11.6 Å². The average Bonchev–Trinajstić information content (AvgIpc) is 2.39. The third-order valence-electron chi connectivity index (χ3n) is 2.61. The van der Waals surface area contributed by atoms with Crippen molar-refractivity contribution in [3.8, 4) is 0 Å². The van der Waals surface area contributed by atoms with Gasteiger partial charge in [0, 0.05) is 16.4 Å². The maximum Gasteiger partial charge on any atom is 0.243 e. The van der Waals surface area contributed by atoms with Crippen LogP contribution in [0.3, 0.4) is 0 Å². The molecule has 19 heavy (non-hydrogen) atoms. The Labute approximate surface area is 117 Å². The summed E-state index contributed by atoms with van der Waals surface area (Å²) in [5.41, 5.74) is 2.78. The van der Waals surface area contributed by atoms with E-state index in [1.54, 1.807) is 12.1 Å². The Morgan fingerprint density at radius 2 is 1.84 bits per heavy atom. The lowest BCUT2D eigenvalue weighted by Crippen LogP contribution is -2.21. The number of nitrogens with one attached hydrogen (secondary N) is 2. The summed E-state index contributed by atoms with van der Waals surface area (Å²) in [6, 6.07) is 15.0. The van der Waals surface area contributed by atoms with Crippen molar-refractivity contribution < 1.29 is 4.79 Å². The molecule has 0 atom stereocenters. The molecule has 0 spiro atoms. The van der Waals surface area contributed by atoms with Gasteiger partial charge in [0.1, 0.15) is 0 Å². The van der Waals surface area contributed by atoms with Crippen LogP contribution in [0.15, 0.2) is 48.5 Å². The molecule has 0 aliphatic carbocycles. The number of carbonyl (C=O) groups excluding carboxylic acids is 1. The number of hydrogen-bond acceptors (Lipinski definition) is 2. The molecule has 2 N–H and O–H groups in total. The number of rotatable bonds is 4. The minimum absolute atomic E-state index is 0.0937. The van der Waals surface area contributed by atoms with Crippen molar-refractivity contribution in [3.63, 3.8) is 0 Å². The van der Waals surface area contributed by atoms with Crippen LogP contribution in [-0.4, -0.2) is 12.5 Å². The van der Waals surface area contributed by atoms with Crippen LogP contribution in [0.25, 0.3) is 0 Å². The van der Waals surface area contributed by atoms with Gasteiger partial charge in [-0.2, -0.15) is 0 Å². The highest BCUT2D eigenvalue weighted by atomic mass is 35.5. The van der Waals surface area contributed by atoms with Crippen molar-refractivity contribution in [1.82, 2.24) is 0 Å². The van der Waals surface area contributed by atoms with Crippen LogP contribution in [0.2, 0.25) is 5.02 Å². The van der Waals surface area contributed by atoms with Gasteiger partial charge in [-0.05, 0) is 37.3 Å². The smallest absolute Gasteiger partial charge is 0.243 e. The molecule has 4 heteroatoms. The normalized spacial score (nSPS) is 10.0. The predicted octanol–water partition coefficient (Wildman–Crippen LogP) is 3.70. The van der Waals surface area contributed by atoms with Crippen molar-refractivity contribution in [3.05, 3.63) is 59.1 Å². The van der Waals surface area contributed by atoms with Crippen molar-refractivity contribution in [2.75, 3.05) is 17.2 Å². The van der Waals surface area contributed by atoms with E-state index in [1.165, 1.54) is 0 Å². The molecule has 0 aliphatic heterocycles. The molecule has 0 saturated heterocycles. The van der Waals surface area contributed by atoms with Crippen LogP contribution in [0.4, 0.5) is 11.4 Å². The lowest BCUT2D eigenvalue weighted by atomic mass is 10.2. The molecule has 0 bridgehead atoms. The molecule has 0 aliphatic rings. The van der Waals surface area contributed by atoms with Crippen LogP contribution in [0.5, 0.6) is 0 Å². The Bertz CT molecular complexity index is 567. The summed E-state index contributed by atoms with van der Waals surface area (Å²) in [5, 5.41) is 6.48. The number of benzene rings is 2. The number of hydrogen-bond donors (Lipinski definition) is 2. The first-order chi connectivity index (χ1) is 9.13. The van der Waals surface area contributed by atoms with E-state index < -0.39 is 0 Å². The van der Waals surface area contributed by atoms with Crippen LogP contribution in [0, 0.1) is 6.92 Å². The van der Waals surface area contributed by atoms with Gasteiger partial charge in [0.2, 0.25) is 5.91 Å². The Hall–Kier alpha value is -2.00. The van der Waals surface area contributed by atoms with Gasteiger partial charge in [-0.1, -0.05) is 35.4 Å². The number of amides is 1. The molecule has 0 fully saturated rings. The Kier molecular flexibility index (Phi) is 4.42. The summed E-state index contributed by atoms with van der Waals surface area (Å²) < 4.78 is 0. The molecule has 0 saturated carbocycles. The standard InChI is InChI=1S/C15H15ClN2O/c1-11-5-7-13(8-6-11)18-15(19)10-17-14-4-2-3-12(16)9-14/h2-9,17H,10H2,1H3,(H,18,19). The van der Waals surface area contributed by atoms with E-state index >= 15 is 0 Å². The van der Waals surface area contributed by atoms with E-state index in [2.05, 4.69) is 10.6 Å². The largest absolute Gasteiger partial charge is 0.376 e.